The first-order valence-electron chi connectivity index (χ1n) is 5.76. The van der Waals surface area contributed by atoms with Crippen LogP contribution < -0.4 is 11.2 Å². The largest absolute Gasteiger partial charge is 0.394 e. The molecule has 0 unspecified atom stereocenters. The lowest BCUT2D eigenvalue weighted by Crippen LogP contribution is -2.34. The molecule has 0 aliphatic carbocycles. The highest BCUT2D eigenvalue weighted by atomic mass is 16.5. The summed E-state index contributed by atoms with van der Waals surface area (Å²) in [4.78, 5) is 24.8. The Kier molecular flexibility index (Phi) is 3.85. The van der Waals surface area contributed by atoms with Gasteiger partial charge in [0.25, 0.3) is 5.56 Å². The van der Waals surface area contributed by atoms with E-state index in [9.17, 15) is 14.7 Å². The van der Waals surface area contributed by atoms with E-state index in [1.54, 1.807) is 6.92 Å². The number of H-pyrrole nitrogens is 1. The van der Waals surface area contributed by atoms with Gasteiger partial charge in [-0.3, -0.25) is 14.3 Å². The quantitative estimate of drug-likeness (QED) is 0.561. The number of aliphatic hydroxyl groups excluding tert-OH is 2. The average Bonchev–Trinajstić information content (AvgIpc) is 2.68. The molecule has 1 saturated heterocycles. The van der Waals surface area contributed by atoms with E-state index >= 15 is 0 Å². The van der Waals surface area contributed by atoms with Crippen molar-refractivity contribution in [1.82, 2.24) is 9.55 Å². The van der Waals surface area contributed by atoms with E-state index < -0.39 is 35.6 Å². The molecule has 7 nitrogen and oxygen atoms in total. The smallest absolute Gasteiger partial charge is 0.330 e. The zero-order chi connectivity index (χ0) is 14.0. The van der Waals surface area contributed by atoms with Crippen LogP contribution in [0, 0.1) is 17.8 Å². The number of nitrogens with one attached hydrogen (secondary N) is 1. The minimum atomic E-state index is -0.999. The molecular weight excluding hydrogens is 252 g/mol. The minimum Gasteiger partial charge on any atom is -0.394 e. The topological polar surface area (TPSA) is 105 Å². The molecule has 7 heteroatoms. The minimum absolute atomic E-state index is 0.377. The first kappa shape index (κ1) is 13.5. The first-order valence-corrected chi connectivity index (χ1v) is 5.76. The molecule has 0 spiro atoms. The molecule has 0 radical (unpaired) electrons. The number of hydrogen-bond acceptors (Lipinski definition) is 5. The van der Waals surface area contributed by atoms with Gasteiger partial charge in [0, 0.05) is 12.3 Å². The van der Waals surface area contributed by atoms with Crippen molar-refractivity contribution < 1.29 is 14.9 Å². The summed E-state index contributed by atoms with van der Waals surface area (Å²) in [7, 11) is 0. The second-order valence-corrected chi connectivity index (χ2v) is 4.18. The van der Waals surface area contributed by atoms with Crippen molar-refractivity contribution in [3.8, 4) is 11.8 Å². The number of rotatable bonds is 2. The van der Waals surface area contributed by atoms with E-state index in [4.69, 9.17) is 9.84 Å². The van der Waals surface area contributed by atoms with Crippen LogP contribution in [-0.4, -0.2) is 38.6 Å². The highest BCUT2D eigenvalue weighted by Crippen LogP contribution is 2.33. The molecule has 19 heavy (non-hydrogen) atoms. The Hall–Kier alpha value is -1.88. The molecule has 1 aromatic heterocycles. The van der Waals surface area contributed by atoms with Gasteiger partial charge < -0.3 is 14.9 Å². The number of aromatic nitrogens is 2. The Labute approximate surface area is 108 Å². The summed E-state index contributed by atoms with van der Waals surface area (Å²) < 4.78 is 6.58. The molecule has 1 aliphatic rings. The third-order valence-electron chi connectivity index (χ3n) is 2.99. The van der Waals surface area contributed by atoms with Crippen molar-refractivity contribution in [3.63, 3.8) is 0 Å². The summed E-state index contributed by atoms with van der Waals surface area (Å²) in [6, 6.07) is 1.18. The van der Waals surface area contributed by atoms with E-state index in [1.807, 2.05) is 0 Å². The van der Waals surface area contributed by atoms with Crippen LogP contribution in [0.3, 0.4) is 0 Å². The number of hydrogen-bond donors (Lipinski definition) is 3. The van der Waals surface area contributed by atoms with Gasteiger partial charge >= 0.3 is 5.69 Å². The maximum Gasteiger partial charge on any atom is 0.330 e. The van der Waals surface area contributed by atoms with Crippen molar-refractivity contribution in [2.24, 2.45) is 5.92 Å². The van der Waals surface area contributed by atoms with Gasteiger partial charge in [0.1, 0.15) is 12.2 Å². The Morgan fingerprint density at radius 1 is 1.53 bits per heavy atom. The Morgan fingerprint density at radius 3 is 2.84 bits per heavy atom. The van der Waals surface area contributed by atoms with E-state index in [1.165, 1.54) is 12.3 Å². The van der Waals surface area contributed by atoms with Crippen molar-refractivity contribution in [2.75, 3.05) is 6.61 Å². The zero-order valence-electron chi connectivity index (χ0n) is 10.2. The van der Waals surface area contributed by atoms with Crippen molar-refractivity contribution in [1.29, 1.82) is 0 Å². The van der Waals surface area contributed by atoms with Crippen LogP contribution in [0.1, 0.15) is 13.2 Å². The van der Waals surface area contributed by atoms with Crippen LogP contribution >= 0.6 is 0 Å². The summed E-state index contributed by atoms with van der Waals surface area (Å²) in [5.74, 6) is 4.77. The highest BCUT2D eigenvalue weighted by molar-refractivity contribution is 5.10. The molecule has 0 saturated carbocycles. The summed E-state index contributed by atoms with van der Waals surface area (Å²) in [5.41, 5.74) is -1.16. The molecule has 1 aromatic rings. The van der Waals surface area contributed by atoms with Crippen LogP contribution in [0.15, 0.2) is 21.9 Å². The van der Waals surface area contributed by atoms with Gasteiger partial charge in [0.15, 0.2) is 6.23 Å². The fourth-order valence-electron chi connectivity index (χ4n) is 2.08. The van der Waals surface area contributed by atoms with E-state index in [0.717, 1.165) is 4.57 Å². The van der Waals surface area contributed by atoms with Crippen LogP contribution in [0.25, 0.3) is 0 Å². The maximum absolute atomic E-state index is 11.7. The third-order valence-corrected chi connectivity index (χ3v) is 2.99. The van der Waals surface area contributed by atoms with Crippen molar-refractivity contribution in [2.45, 2.75) is 25.4 Å². The Bertz CT molecular complexity index is 623. The molecule has 2 rings (SSSR count). The van der Waals surface area contributed by atoms with E-state index in [-0.39, 0.29) is 6.61 Å². The maximum atomic E-state index is 11.7. The second-order valence-electron chi connectivity index (χ2n) is 4.18. The molecule has 0 aromatic carbocycles. The fourth-order valence-corrected chi connectivity index (χ4v) is 2.08. The summed E-state index contributed by atoms with van der Waals surface area (Å²) >= 11 is 0. The van der Waals surface area contributed by atoms with Gasteiger partial charge in [-0.05, 0) is 6.92 Å². The van der Waals surface area contributed by atoms with Gasteiger partial charge in [-0.2, -0.15) is 0 Å². The lowest BCUT2D eigenvalue weighted by molar-refractivity contribution is -0.0469. The number of ether oxygens (including phenoxy) is 1. The lowest BCUT2D eigenvalue weighted by Gasteiger charge is -2.17. The normalized spacial score (nSPS) is 29.8. The Morgan fingerprint density at radius 2 is 2.26 bits per heavy atom. The molecule has 2 heterocycles. The van der Waals surface area contributed by atoms with Crippen LogP contribution in [0.2, 0.25) is 0 Å². The highest BCUT2D eigenvalue weighted by Gasteiger charge is 2.43. The lowest BCUT2D eigenvalue weighted by atomic mass is 10.0. The number of nitrogens with zero attached hydrogens (tertiary/aromatic N) is 1. The second kappa shape index (κ2) is 5.40. The molecule has 3 N–H and O–H groups in total. The molecule has 4 atom stereocenters. The fraction of sp³-hybridized carbons (Fsp3) is 0.500. The number of aromatic amines is 1. The van der Waals surface area contributed by atoms with Gasteiger partial charge in [-0.25, -0.2) is 4.79 Å². The van der Waals surface area contributed by atoms with Gasteiger partial charge in [0.2, 0.25) is 0 Å². The molecule has 102 valence electrons. The van der Waals surface area contributed by atoms with Crippen LogP contribution in [0.4, 0.5) is 0 Å². The van der Waals surface area contributed by atoms with E-state index in [2.05, 4.69) is 16.8 Å². The molecule has 1 aliphatic heterocycles. The molecule has 0 amide bonds. The molecular formula is C12H14N2O5. The monoisotopic (exact) mass is 266 g/mol. The molecule has 1 fully saturated rings. The van der Waals surface area contributed by atoms with Crippen LogP contribution in [-0.2, 0) is 4.74 Å². The summed E-state index contributed by atoms with van der Waals surface area (Å²) in [6.45, 7) is 1.23. The predicted molar refractivity (Wildman–Crippen MR) is 65.3 cm³/mol. The van der Waals surface area contributed by atoms with Crippen molar-refractivity contribution >= 4 is 0 Å². The first-order chi connectivity index (χ1) is 9.08. The molecule has 0 bridgehead atoms. The SMILES string of the molecule is CC#C[C@H]1[C@H](O)[C@@H](CO)O[C@H]1n1ccc(=O)[nH]c1=O. The predicted octanol–water partition coefficient (Wildman–Crippen LogP) is -1.57. The van der Waals surface area contributed by atoms with Crippen LogP contribution in [0.5, 0.6) is 0 Å². The summed E-state index contributed by atoms with van der Waals surface area (Å²) in [5, 5.41) is 19.1. The summed E-state index contributed by atoms with van der Waals surface area (Å²) in [6.07, 6.45) is -1.37. The Balaban J connectivity index is 2.43. The third kappa shape index (κ3) is 2.46. The zero-order valence-corrected chi connectivity index (χ0v) is 10.2. The van der Waals surface area contributed by atoms with E-state index in [0.29, 0.717) is 0 Å². The van der Waals surface area contributed by atoms with Gasteiger partial charge in [0.05, 0.1) is 12.5 Å². The standard InChI is InChI=1S/C12H14N2O5/c1-2-3-7-10(17)8(6-15)19-11(7)14-5-4-9(16)13-12(14)18/h4-5,7-8,10-11,15,17H,6H2,1H3,(H,13,16,18)/t7-,8+,10-,11+/m0/s1. The van der Waals surface area contributed by atoms with Gasteiger partial charge in [-0.15, -0.1) is 5.92 Å². The average molecular weight is 266 g/mol. The van der Waals surface area contributed by atoms with Crippen molar-refractivity contribution in [3.05, 3.63) is 33.1 Å². The number of aliphatic hydroxyl groups is 2. The van der Waals surface area contributed by atoms with Gasteiger partial charge in [-0.1, -0.05) is 5.92 Å².